The highest BCUT2D eigenvalue weighted by atomic mass is 16.5. The Labute approximate surface area is 117 Å². The van der Waals surface area contributed by atoms with Crippen molar-refractivity contribution in [1.82, 2.24) is 9.97 Å². The van der Waals surface area contributed by atoms with Gasteiger partial charge in [-0.1, -0.05) is 12.1 Å². The van der Waals surface area contributed by atoms with Crippen molar-refractivity contribution in [3.63, 3.8) is 0 Å². The molecule has 0 amide bonds. The molecule has 104 valence electrons. The predicted molar refractivity (Wildman–Crippen MR) is 76.8 cm³/mol. The van der Waals surface area contributed by atoms with Crippen molar-refractivity contribution in [3.8, 4) is 17.1 Å². The summed E-state index contributed by atoms with van der Waals surface area (Å²) >= 11 is 0. The Morgan fingerprint density at radius 3 is 3.05 bits per heavy atom. The fourth-order valence-electron chi connectivity index (χ4n) is 2.36. The summed E-state index contributed by atoms with van der Waals surface area (Å²) in [5.41, 5.74) is 0.813. The molecule has 5 heteroatoms. The van der Waals surface area contributed by atoms with Gasteiger partial charge in [0.1, 0.15) is 11.6 Å². The van der Waals surface area contributed by atoms with Gasteiger partial charge in [-0.05, 0) is 25.1 Å². The zero-order valence-corrected chi connectivity index (χ0v) is 11.4. The molecule has 0 radical (unpaired) electrons. The number of phenols is 1. The van der Waals surface area contributed by atoms with Crippen LogP contribution in [-0.2, 0) is 4.74 Å². The summed E-state index contributed by atoms with van der Waals surface area (Å²) in [5, 5.41) is 9.55. The molecule has 0 spiro atoms. The Morgan fingerprint density at radius 2 is 2.25 bits per heavy atom. The fraction of sp³-hybridized carbons (Fsp3) is 0.333. The zero-order valence-electron chi connectivity index (χ0n) is 11.4. The Bertz CT molecular complexity index is 603. The topological polar surface area (TPSA) is 58.5 Å². The quantitative estimate of drug-likeness (QED) is 0.906. The molecule has 1 fully saturated rings. The van der Waals surface area contributed by atoms with Crippen LogP contribution in [0.5, 0.6) is 5.75 Å². The van der Waals surface area contributed by atoms with E-state index in [2.05, 4.69) is 21.8 Å². The number of rotatable bonds is 2. The van der Waals surface area contributed by atoms with Crippen LogP contribution in [0.3, 0.4) is 0 Å². The van der Waals surface area contributed by atoms with E-state index >= 15 is 0 Å². The number of aromatic nitrogens is 2. The first-order valence-electron chi connectivity index (χ1n) is 6.71. The second kappa shape index (κ2) is 5.46. The molecule has 0 saturated carbocycles. The Morgan fingerprint density at radius 1 is 1.35 bits per heavy atom. The highest BCUT2D eigenvalue weighted by Gasteiger charge is 2.20. The summed E-state index contributed by atoms with van der Waals surface area (Å²) in [5.74, 6) is 1.74. The van der Waals surface area contributed by atoms with Gasteiger partial charge in [-0.25, -0.2) is 9.97 Å². The number of anilines is 1. The molecule has 0 unspecified atom stereocenters. The maximum Gasteiger partial charge on any atom is 0.161 e. The monoisotopic (exact) mass is 271 g/mol. The molecule has 3 rings (SSSR count). The number of benzene rings is 1. The minimum Gasteiger partial charge on any atom is -0.508 e. The fourth-order valence-corrected chi connectivity index (χ4v) is 2.36. The maximum absolute atomic E-state index is 9.55. The summed E-state index contributed by atoms with van der Waals surface area (Å²) in [7, 11) is 0. The highest BCUT2D eigenvalue weighted by Crippen LogP contribution is 2.23. The number of ether oxygens (including phenoxy) is 1. The van der Waals surface area contributed by atoms with Crippen LogP contribution in [0.2, 0.25) is 0 Å². The van der Waals surface area contributed by atoms with E-state index in [1.165, 1.54) is 0 Å². The van der Waals surface area contributed by atoms with Crippen LogP contribution in [0.25, 0.3) is 11.4 Å². The van der Waals surface area contributed by atoms with Crippen LogP contribution in [0.1, 0.15) is 6.92 Å². The zero-order chi connectivity index (χ0) is 13.9. The predicted octanol–water partition coefficient (Wildman–Crippen LogP) is 2.07. The summed E-state index contributed by atoms with van der Waals surface area (Å²) < 4.78 is 5.45. The van der Waals surface area contributed by atoms with Crippen molar-refractivity contribution in [1.29, 1.82) is 0 Å². The van der Waals surface area contributed by atoms with E-state index in [1.807, 2.05) is 12.1 Å². The molecule has 0 bridgehead atoms. The Kier molecular flexibility index (Phi) is 3.52. The molecule has 0 aliphatic carbocycles. The van der Waals surface area contributed by atoms with E-state index < -0.39 is 0 Å². The van der Waals surface area contributed by atoms with E-state index in [1.54, 1.807) is 24.4 Å². The molecule has 1 aromatic carbocycles. The molecule has 20 heavy (non-hydrogen) atoms. The van der Waals surface area contributed by atoms with Crippen molar-refractivity contribution >= 4 is 5.82 Å². The molecule has 2 heterocycles. The molecule has 2 aromatic rings. The molecular formula is C15H17N3O2. The maximum atomic E-state index is 9.55. The Balaban J connectivity index is 1.93. The van der Waals surface area contributed by atoms with Crippen LogP contribution in [0.15, 0.2) is 36.5 Å². The lowest BCUT2D eigenvalue weighted by molar-refractivity contribution is 0.0985. The average molecular weight is 271 g/mol. The second-order valence-corrected chi connectivity index (χ2v) is 4.91. The van der Waals surface area contributed by atoms with Gasteiger partial charge in [-0.2, -0.15) is 0 Å². The van der Waals surface area contributed by atoms with E-state index in [0.717, 1.165) is 24.5 Å². The van der Waals surface area contributed by atoms with Gasteiger partial charge in [0.05, 0.1) is 19.3 Å². The lowest BCUT2D eigenvalue weighted by atomic mass is 10.2. The molecule has 1 aliphatic heterocycles. The largest absolute Gasteiger partial charge is 0.508 e. The van der Waals surface area contributed by atoms with Gasteiger partial charge in [-0.15, -0.1) is 0 Å². The highest BCUT2D eigenvalue weighted by molar-refractivity contribution is 5.59. The van der Waals surface area contributed by atoms with Gasteiger partial charge in [0.2, 0.25) is 0 Å². The van der Waals surface area contributed by atoms with E-state index in [4.69, 9.17) is 4.74 Å². The number of aromatic hydroxyl groups is 1. The van der Waals surface area contributed by atoms with E-state index in [-0.39, 0.29) is 5.75 Å². The van der Waals surface area contributed by atoms with Gasteiger partial charge in [-0.3, -0.25) is 0 Å². The third-order valence-electron chi connectivity index (χ3n) is 3.41. The third-order valence-corrected chi connectivity index (χ3v) is 3.41. The van der Waals surface area contributed by atoms with Gasteiger partial charge in [0.15, 0.2) is 5.82 Å². The minimum atomic E-state index is 0.219. The first kappa shape index (κ1) is 12.9. The molecule has 1 saturated heterocycles. The van der Waals surface area contributed by atoms with Gasteiger partial charge in [0, 0.05) is 18.3 Å². The first-order valence-corrected chi connectivity index (χ1v) is 6.71. The van der Waals surface area contributed by atoms with Crippen LogP contribution in [0, 0.1) is 0 Å². The number of morpholine rings is 1. The third kappa shape index (κ3) is 2.58. The van der Waals surface area contributed by atoms with Gasteiger partial charge >= 0.3 is 0 Å². The van der Waals surface area contributed by atoms with Crippen molar-refractivity contribution in [2.75, 3.05) is 24.7 Å². The van der Waals surface area contributed by atoms with Crippen molar-refractivity contribution < 1.29 is 9.84 Å². The number of hydrogen-bond acceptors (Lipinski definition) is 5. The lowest BCUT2D eigenvalue weighted by Gasteiger charge is -2.34. The molecule has 1 atom stereocenters. The molecule has 1 aliphatic rings. The van der Waals surface area contributed by atoms with Gasteiger partial charge in [0.25, 0.3) is 0 Å². The van der Waals surface area contributed by atoms with Crippen molar-refractivity contribution in [3.05, 3.63) is 36.5 Å². The SMILES string of the molecule is C[C@H]1COCCN1c1ccnc(-c2cccc(O)c2)n1. The van der Waals surface area contributed by atoms with Gasteiger partial charge < -0.3 is 14.7 Å². The summed E-state index contributed by atoms with van der Waals surface area (Å²) in [6, 6.07) is 9.20. The number of nitrogens with zero attached hydrogens (tertiary/aromatic N) is 3. The van der Waals surface area contributed by atoms with Crippen LogP contribution < -0.4 is 4.90 Å². The second-order valence-electron chi connectivity index (χ2n) is 4.91. The number of phenolic OH excluding ortho intramolecular Hbond substituents is 1. The van der Waals surface area contributed by atoms with E-state index in [0.29, 0.717) is 18.5 Å². The smallest absolute Gasteiger partial charge is 0.161 e. The normalized spacial score (nSPS) is 19.1. The average Bonchev–Trinajstić information content (AvgIpc) is 2.48. The van der Waals surface area contributed by atoms with Crippen LogP contribution in [0.4, 0.5) is 5.82 Å². The van der Waals surface area contributed by atoms with E-state index in [9.17, 15) is 5.11 Å². The standard InChI is InChI=1S/C15H17N3O2/c1-11-10-20-8-7-18(11)14-5-6-16-15(17-14)12-3-2-4-13(19)9-12/h2-6,9,11,19H,7-8,10H2,1H3/t11-/m0/s1. The van der Waals surface area contributed by atoms with Crippen LogP contribution >= 0.6 is 0 Å². The van der Waals surface area contributed by atoms with Crippen molar-refractivity contribution in [2.24, 2.45) is 0 Å². The summed E-state index contributed by atoms with van der Waals surface area (Å²) in [6.07, 6.45) is 1.75. The molecule has 1 aromatic heterocycles. The van der Waals surface area contributed by atoms with Crippen LogP contribution in [-0.4, -0.2) is 40.9 Å². The summed E-state index contributed by atoms with van der Waals surface area (Å²) in [6.45, 7) is 4.38. The summed E-state index contributed by atoms with van der Waals surface area (Å²) in [4.78, 5) is 11.1. The molecule has 1 N–H and O–H groups in total. The van der Waals surface area contributed by atoms with Crippen molar-refractivity contribution in [2.45, 2.75) is 13.0 Å². The first-order chi connectivity index (χ1) is 9.74. The Hall–Kier alpha value is -2.14. The molecule has 5 nitrogen and oxygen atoms in total. The minimum absolute atomic E-state index is 0.219. The number of hydrogen-bond donors (Lipinski definition) is 1. The molecular weight excluding hydrogens is 254 g/mol. The lowest BCUT2D eigenvalue weighted by Crippen LogP contribution is -2.44.